The lowest BCUT2D eigenvalue weighted by molar-refractivity contribution is 0.292. The van der Waals surface area contributed by atoms with Gasteiger partial charge in [0.2, 0.25) is 0 Å². The molecular weight excluding hydrogens is 214 g/mol. The van der Waals surface area contributed by atoms with Crippen LogP contribution in [0.1, 0.15) is 24.6 Å². The zero-order valence-electron chi connectivity index (χ0n) is 9.36. The normalized spacial score (nSPS) is 10.1. The summed E-state index contributed by atoms with van der Waals surface area (Å²) in [6, 6.07) is 0. The molecule has 1 aromatic rings. The number of hydrogen-bond donors (Lipinski definition) is 2. The lowest BCUT2D eigenvalue weighted by Crippen LogP contribution is -2.17. The highest BCUT2D eigenvalue weighted by atomic mass is 35.5. The third-order valence-electron chi connectivity index (χ3n) is 2.10. The summed E-state index contributed by atoms with van der Waals surface area (Å²) in [4.78, 5) is 0. The Morgan fingerprint density at radius 1 is 1.53 bits per heavy atom. The van der Waals surface area contributed by atoms with Crippen molar-refractivity contribution in [1.29, 1.82) is 0 Å². The predicted octanol–water partition coefficient (Wildman–Crippen LogP) is 1.11. The molecule has 0 unspecified atom stereocenters. The average molecular weight is 234 g/mol. The van der Waals surface area contributed by atoms with Gasteiger partial charge in [-0.2, -0.15) is 5.10 Å². The van der Waals surface area contributed by atoms with Gasteiger partial charge in [0, 0.05) is 31.4 Å². The number of nitrogens with zero attached hydrogens (tertiary/aromatic N) is 2. The number of rotatable bonds is 6. The molecular formula is C10H20ClN3O. The summed E-state index contributed by atoms with van der Waals surface area (Å²) >= 11 is 0. The highest BCUT2D eigenvalue weighted by Crippen LogP contribution is 2.05. The van der Waals surface area contributed by atoms with Crippen LogP contribution in [0.2, 0.25) is 0 Å². The Kier molecular flexibility index (Phi) is 7.38. The van der Waals surface area contributed by atoms with E-state index in [0.29, 0.717) is 6.54 Å². The maximum atomic E-state index is 8.62. The zero-order valence-corrected chi connectivity index (χ0v) is 10.2. The molecule has 4 nitrogen and oxygen atoms in total. The van der Waals surface area contributed by atoms with Crippen molar-refractivity contribution in [2.75, 3.05) is 13.2 Å². The van der Waals surface area contributed by atoms with Crippen LogP contribution in [0, 0.1) is 6.92 Å². The minimum atomic E-state index is 0. The van der Waals surface area contributed by atoms with Crippen molar-refractivity contribution in [1.82, 2.24) is 15.1 Å². The first kappa shape index (κ1) is 14.4. The molecule has 0 fully saturated rings. The smallest absolute Gasteiger partial charge is 0.0638 e. The summed E-state index contributed by atoms with van der Waals surface area (Å²) < 4.78 is 1.98. The molecule has 0 spiro atoms. The van der Waals surface area contributed by atoms with Crippen LogP contribution in [0.3, 0.4) is 0 Å². The number of aliphatic hydroxyl groups excluding tert-OH is 1. The van der Waals surface area contributed by atoms with E-state index in [4.69, 9.17) is 5.11 Å². The van der Waals surface area contributed by atoms with Crippen LogP contribution in [0.15, 0.2) is 6.20 Å². The van der Waals surface area contributed by atoms with Crippen LogP contribution in [0.25, 0.3) is 0 Å². The second-order valence-electron chi connectivity index (χ2n) is 3.40. The van der Waals surface area contributed by atoms with Crippen LogP contribution in [-0.2, 0) is 13.1 Å². The van der Waals surface area contributed by atoms with Crippen molar-refractivity contribution < 1.29 is 5.11 Å². The highest BCUT2D eigenvalue weighted by molar-refractivity contribution is 5.85. The molecule has 0 aliphatic rings. The first-order chi connectivity index (χ1) is 6.77. The molecule has 0 aromatic carbocycles. The second-order valence-corrected chi connectivity index (χ2v) is 3.40. The zero-order chi connectivity index (χ0) is 10.4. The molecule has 2 N–H and O–H groups in total. The number of halogens is 1. The maximum absolute atomic E-state index is 8.62. The van der Waals surface area contributed by atoms with Gasteiger partial charge in [-0.15, -0.1) is 12.4 Å². The summed E-state index contributed by atoms with van der Waals surface area (Å²) in [5.41, 5.74) is 2.29. The largest absolute Gasteiger partial charge is 0.395 e. The van der Waals surface area contributed by atoms with Crippen molar-refractivity contribution in [2.24, 2.45) is 0 Å². The van der Waals surface area contributed by atoms with E-state index in [0.717, 1.165) is 25.2 Å². The molecule has 0 aliphatic heterocycles. The predicted molar refractivity (Wildman–Crippen MR) is 63.3 cm³/mol. The van der Waals surface area contributed by atoms with Crippen LogP contribution in [0.5, 0.6) is 0 Å². The molecule has 0 saturated carbocycles. The Labute approximate surface area is 97.1 Å². The summed E-state index contributed by atoms with van der Waals surface area (Å²) in [7, 11) is 0. The van der Waals surface area contributed by atoms with Crippen molar-refractivity contribution in [3.63, 3.8) is 0 Å². The Bertz CT molecular complexity index is 276. The molecule has 5 heteroatoms. The fraction of sp³-hybridized carbons (Fsp3) is 0.700. The minimum absolute atomic E-state index is 0. The van der Waals surface area contributed by atoms with Crippen LogP contribution >= 0.6 is 12.4 Å². The topological polar surface area (TPSA) is 50.1 Å². The summed E-state index contributed by atoms with van der Waals surface area (Å²) in [6.45, 7) is 6.74. The molecule has 0 saturated heterocycles. The standard InChI is InChI=1S/C10H19N3O.ClH/c1-3-5-13-8-10(9(2)12-13)7-11-4-6-14;/h8,11,14H,3-7H2,1-2H3;1H. The third kappa shape index (κ3) is 4.64. The van der Waals surface area contributed by atoms with E-state index in [-0.39, 0.29) is 19.0 Å². The molecule has 15 heavy (non-hydrogen) atoms. The number of aryl methyl sites for hydroxylation is 2. The lowest BCUT2D eigenvalue weighted by Gasteiger charge is -1.99. The van der Waals surface area contributed by atoms with Crippen LogP contribution in [-0.4, -0.2) is 28.0 Å². The number of nitrogens with one attached hydrogen (secondary N) is 1. The Morgan fingerprint density at radius 2 is 2.27 bits per heavy atom. The van der Waals surface area contributed by atoms with Gasteiger partial charge >= 0.3 is 0 Å². The fourth-order valence-electron chi connectivity index (χ4n) is 1.38. The van der Waals surface area contributed by atoms with Crippen LogP contribution < -0.4 is 5.32 Å². The molecule has 0 amide bonds. The number of aromatic nitrogens is 2. The monoisotopic (exact) mass is 233 g/mol. The van der Waals surface area contributed by atoms with Crippen molar-refractivity contribution >= 4 is 12.4 Å². The van der Waals surface area contributed by atoms with Crippen LogP contribution in [0.4, 0.5) is 0 Å². The highest BCUT2D eigenvalue weighted by Gasteiger charge is 2.02. The first-order valence-corrected chi connectivity index (χ1v) is 5.12. The SMILES string of the molecule is CCCn1cc(CNCCO)c(C)n1.Cl. The van der Waals surface area contributed by atoms with E-state index in [9.17, 15) is 0 Å². The molecule has 1 aromatic heterocycles. The Hall–Kier alpha value is -0.580. The fourth-order valence-corrected chi connectivity index (χ4v) is 1.38. The van der Waals surface area contributed by atoms with Gasteiger partial charge < -0.3 is 10.4 Å². The molecule has 1 rings (SSSR count). The van der Waals surface area contributed by atoms with Gasteiger partial charge in [0.1, 0.15) is 0 Å². The van der Waals surface area contributed by atoms with Gasteiger partial charge in [0.15, 0.2) is 0 Å². The summed E-state index contributed by atoms with van der Waals surface area (Å²) in [5, 5.41) is 16.2. The maximum Gasteiger partial charge on any atom is 0.0638 e. The van der Waals surface area contributed by atoms with Crippen molar-refractivity contribution in [3.05, 3.63) is 17.5 Å². The van der Waals surface area contributed by atoms with E-state index < -0.39 is 0 Å². The summed E-state index contributed by atoms with van der Waals surface area (Å²) in [6.07, 6.45) is 3.17. The molecule has 88 valence electrons. The molecule has 0 bridgehead atoms. The van der Waals surface area contributed by atoms with Gasteiger partial charge in [-0.3, -0.25) is 4.68 Å². The van der Waals surface area contributed by atoms with Gasteiger partial charge in [0.05, 0.1) is 12.3 Å². The molecule has 0 aliphatic carbocycles. The Balaban J connectivity index is 0.00000196. The van der Waals surface area contributed by atoms with E-state index in [1.54, 1.807) is 0 Å². The van der Waals surface area contributed by atoms with Gasteiger partial charge in [-0.05, 0) is 13.3 Å². The van der Waals surface area contributed by atoms with Crippen molar-refractivity contribution in [2.45, 2.75) is 33.4 Å². The summed E-state index contributed by atoms with van der Waals surface area (Å²) in [5.74, 6) is 0. The Morgan fingerprint density at radius 3 is 2.87 bits per heavy atom. The first-order valence-electron chi connectivity index (χ1n) is 5.12. The van der Waals surface area contributed by atoms with Gasteiger partial charge in [-0.25, -0.2) is 0 Å². The van der Waals surface area contributed by atoms with Crippen molar-refractivity contribution in [3.8, 4) is 0 Å². The molecule has 0 radical (unpaired) electrons. The average Bonchev–Trinajstić information content (AvgIpc) is 2.48. The third-order valence-corrected chi connectivity index (χ3v) is 2.10. The molecule has 0 atom stereocenters. The minimum Gasteiger partial charge on any atom is -0.395 e. The lowest BCUT2D eigenvalue weighted by atomic mass is 10.2. The number of hydrogen-bond acceptors (Lipinski definition) is 3. The quantitative estimate of drug-likeness (QED) is 0.724. The van der Waals surface area contributed by atoms with Gasteiger partial charge in [0.25, 0.3) is 0 Å². The van der Waals surface area contributed by atoms with E-state index in [2.05, 4.69) is 23.5 Å². The van der Waals surface area contributed by atoms with Gasteiger partial charge in [-0.1, -0.05) is 6.92 Å². The van der Waals surface area contributed by atoms with E-state index >= 15 is 0 Å². The number of aliphatic hydroxyl groups is 1. The van der Waals surface area contributed by atoms with E-state index in [1.807, 2.05) is 11.6 Å². The second kappa shape index (κ2) is 7.68. The van der Waals surface area contributed by atoms with E-state index in [1.165, 1.54) is 5.56 Å². The molecule has 1 heterocycles.